The fourth-order valence-electron chi connectivity index (χ4n) is 2.72. The SMILES string of the molecule is C[C@@H](OC(=O)c1ccc(N2NC(=O)CCC2=O)cc1)c1c(F)cccc1F. The molecule has 1 N–H and O–H groups in total. The topological polar surface area (TPSA) is 75.7 Å². The molecular weight excluding hydrogens is 358 g/mol. The summed E-state index contributed by atoms with van der Waals surface area (Å²) in [6, 6.07) is 9.13. The molecule has 2 aromatic rings. The number of amides is 2. The van der Waals surface area contributed by atoms with Crippen LogP contribution in [0.4, 0.5) is 14.5 Å². The van der Waals surface area contributed by atoms with Gasteiger partial charge >= 0.3 is 5.97 Å². The predicted octanol–water partition coefficient (Wildman–Crippen LogP) is 3.04. The Bertz CT molecular complexity index is 879. The largest absolute Gasteiger partial charge is 0.454 e. The first-order valence-electron chi connectivity index (χ1n) is 8.24. The molecule has 0 aliphatic carbocycles. The summed E-state index contributed by atoms with van der Waals surface area (Å²) in [5.41, 5.74) is 2.64. The number of esters is 1. The summed E-state index contributed by atoms with van der Waals surface area (Å²) in [4.78, 5) is 35.5. The summed E-state index contributed by atoms with van der Waals surface area (Å²) < 4.78 is 32.7. The molecule has 0 unspecified atom stereocenters. The standard InChI is InChI=1S/C19H16F2N2O4/c1-11(18-14(20)3-2-4-15(18)21)27-19(26)12-5-7-13(8-6-12)23-17(25)10-9-16(24)22-23/h2-8,11H,9-10H2,1H3,(H,22,24)/t11-/m1/s1. The Morgan fingerprint density at radius 3 is 2.33 bits per heavy atom. The number of ether oxygens (including phenoxy) is 1. The third kappa shape index (κ3) is 3.94. The van der Waals surface area contributed by atoms with Crippen LogP contribution in [-0.4, -0.2) is 17.8 Å². The number of carbonyl (C=O) groups is 3. The zero-order valence-corrected chi connectivity index (χ0v) is 14.4. The van der Waals surface area contributed by atoms with Crippen molar-refractivity contribution < 1.29 is 27.9 Å². The maximum atomic E-state index is 13.8. The monoisotopic (exact) mass is 374 g/mol. The van der Waals surface area contributed by atoms with E-state index in [9.17, 15) is 23.2 Å². The van der Waals surface area contributed by atoms with E-state index in [0.29, 0.717) is 5.69 Å². The third-order valence-corrected chi connectivity index (χ3v) is 4.10. The van der Waals surface area contributed by atoms with Gasteiger partial charge in [0.1, 0.15) is 17.7 Å². The summed E-state index contributed by atoms with van der Waals surface area (Å²) >= 11 is 0. The molecule has 2 aromatic carbocycles. The van der Waals surface area contributed by atoms with Gasteiger partial charge in [-0.2, -0.15) is 0 Å². The van der Waals surface area contributed by atoms with Crippen molar-refractivity contribution in [2.45, 2.75) is 25.9 Å². The Balaban J connectivity index is 1.72. The minimum Gasteiger partial charge on any atom is -0.454 e. The first-order valence-corrected chi connectivity index (χ1v) is 8.24. The lowest BCUT2D eigenvalue weighted by Gasteiger charge is -2.27. The number of benzene rings is 2. The van der Waals surface area contributed by atoms with Crippen molar-refractivity contribution >= 4 is 23.5 Å². The summed E-state index contributed by atoms with van der Waals surface area (Å²) in [7, 11) is 0. The number of hydrogen-bond acceptors (Lipinski definition) is 4. The van der Waals surface area contributed by atoms with E-state index in [1.165, 1.54) is 37.3 Å². The molecule has 1 aliphatic rings. The Hall–Kier alpha value is -3.29. The van der Waals surface area contributed by atoms with Crippen molar-refractivity contribution in [1.29, 1.82) is 0 Å². The highest BCUT2D eigenvalue weighted by molar-refractivity contribution is 6.01. The molecule has 0 spiro atoms. The maximum absolute atomic E-state index is 13.8. The van der Waals surface area contributed by atoms with Crippen LogP contribution in [0.15, 0.2) is 42.5 Å². The summed E-state index contributed by atoms with van der Waals surface area (Å²) in [5.74, 6) is -2.92. The second-order valence-corrected chi connectivity index (χ2v) is 5.99. The minimum absolute atomic E-state index is 0.0986. The highest BCUT2D eigenvalue weighted by Crippen LogP contribution is 2.25. The second-order valence-electron chi connectivity index (χ2n) is 5.99. The maximum Gasteiger partial charge on any atom is 0.338 e. The fourth-order valence-corrected chi connectivity index (χ4v) is 2.72. The molecule has 0 saturated carbocycles. The average Bonchev–Trinajstić information content (AvgIpc) is 2.63. The lowest BCUT2D eigenvalue weighted by Crippen LogP contribution is -2.50. The van der Waals surface area contributed by atoms with Gasteiger partial charge < -0.3 is 4.74 Å². The van der Waals surface area contributed by atoms with E-state index in [1.54, 1.807) is 0 Å². The lowest BCUT2D eigenvalue weighted by atomic mass is 10.1. The van der Waals surface area contributed by atoms with E-state index in [4.69, 9.17) is 4.74 Å². The van der Waals surface area contributed by atoms with Gasteiger partial charge in [0.25, 0.3) is 0 Å². The molecule has 6 nitrogen and oxygen atoms in total. The highest BCUT2D eigenvalue weighted by atomic mass is 19.1. The van der Waals surface area contributed by atoms with Crippen LogP contribution in [0.2, 0.25) is 0 Å². The quantitative estimate of drug-likeness (QED) is 0.835. The zero-order valence-electron chi connectivity index (χ0n) is 14.4. The van der Waals surface area contributed by atoms with Crippen LogP contribution in [-0.2, 0) is 14.3 Å². The summed E-state index contributed by atoms with van der Waals surface area (Å²) in [6.07, 6.45) is -0.896. The molecule has 1 saturated heterocycles. The van der Waals surface area contributed by atoms with Crippen molar-refractivity contribution in [3.05, 3.63) is 65.2 Å². The molecule has 0 bridgehead atoms. The number of halogens is 2. The Kier molecular flexibility index (Phi) is 5.16. The number of anilines is 1. The number of carbonyl (C=O) groups excluding carboxylic acids is 3. The van der Waals surface area contributed by atoms with Gasteiger partial charge in [-0.1, -0.05) is 6.07 Å². The minimum atomic E-state index is -1.12. The van der Waals surface area contributed by atoms with Gasteiger partial charge in [-0.15, -0.1) is 0 Å². The van der Waals surface area contributed by atoms with Crippen LogP contribution in [0.3, 0.4) is 0 Å². The zero-order chi connectivity index (χ0) is 19.6. The predicted molar refractivity (Wildman–Crippen MR) is 91.5 cm³/mol. The van der Waals surface area contributed by atoms with Crippen LogP contribution < -0.4 is 10.4 Å². The van der Waals surface area contributed by atoms with Crippen LogP contribution in [0.5, 0.6) is 0 Å². The van der Waals surface area contributed by atoms with Gasteiger partial charge in [0, 0.05) is 12.8 Å². The first-order chi connectivity index (χ1) is 12.9. The number of hydrazine groups is 1. The molecule has 1 aliphatic heterocycles. The number of nitrogens with one attached hydrogen (secondary N) is 1. The van der Waals surface area contributed by atoms with Crippen LogP contribution in [0, 0.1) is 11.6 Å². The van der Waals surface area contributed by atoms with Gasteiger partial charge in [0.2, 0.25) is 11.8 Å². The molecule has 0 aromatic heterocycles. The smallest absolute Gasteiger partial charge is 0.338 e. The normalized spacial score (nSPS) is 15.3. The van der Waals surface area contributed by atoms with Crippen molar-refractivity contribution in [1.82, 2.24) is 5.43 Å². The van der Waals surface area contributed by atoms with E-state index in [0.717, 1.165) is 17.1 Å². The van der Waals surface area contributed by atoms with Crippen molar-refractivity contribution in [2.24, 2.45) is 0 Å². The van der Waals surface area contributed by atoms with Gasteiger partial charge in [-0.3, -0.25) is 15.0 Å². The molecule has 1 atom stereocenters. The van der Waals surface area contributed by atoms with E-state index in [2.05, 4.69) is 5.43 Å². The summed E-state index contributed by atoms with van der Waals surface area (Å²) in [5, 5.41) is 1.11. The molecule has 1 fully saturated rings. The average molecular weight is 374 g/mol. The van der Waals surface area contributed by atoms with Gasteiger partial charge in [0.05, 0.1) is 16.8 Å². The van der Waals surface area contributed by atoms with Crippen LogP contribution in [0.25, 0.3) is 0 Å². The Morgan fingerprint density at radius 2 is 1.70 bits per heavy atom. The molecule has 1 heterocycles. The lowest BCUT2D eigenvalue weighted by molar-refractivity contribution is -0.130. The van der Waals surface area contributed by atoms with E-state index in [-0.39, 0.29) is 35.8 Å². The van der Waals surface area contributed by atoms with Crippen molar-refractivity contribution in [3.63, 3.8) is 0 Å². The number of hydrogen-bond donors (Lipinski definition) is 1. The van der Waals surface area contributed by atoms with Crippen molar-refractivity contribution in [2.75, 3.05) is 5.01 Å². The molecule has 0 radical (unpaired) electrons. The van der Waals surface area contributed by atoms with E-state index >= 15 is 0 Å². The van der Waals surface area contributed by atoms with Crippen LogP contribution >= 0.6 is 0 Å². The van der Waals surface area contributed by atoms with Gasteiger partial charge in [0.15, 0.2) is 0 Å². The number of nitrogens with zero attached hydrogens (tertiary/aromatic N) is 1. The molecular formula is C19H16F2N2O4. The number of rotatable bonds is 4. The molecule has 2 amide bonds. The molecule has 8 heteroatoms. The Labute approximate surface area is 153 Å². The fraction of sp³-hybridized carbons (Fsp3) is 0.211. The molecule has 3 rings (SSSR count). The second kappa shape index (κ2) is 7.53. The first kappa shape index (κ1) is 18.5. The molecule has 27 heavy (non-hydrogen) atoms. The van der Waals surface area contributed by atoms with E-state index < -0.39 is 23.7 Å². The van der Waals surface area contributed by atoms with Crippen molar-refractivity contribution in [3.8, 4) is 0 Å². The highest BCUT2D eigenvalue weighted by Gasteiger charge is 2.25. The Morgan fingerprint density at radius 1 is 1.07 bits per heavy atom. The van der Waals surface area contributed by atoms with Crippen LogP contribution in [0.1, 0.15) is 41.8 Å². The summed E-state index contributed by atoms with van der Waals surface area (Å²) in [6.45, 7) is 1.37. The van der Waals surface area contributed by atoms with Gasteiger partial charge in [-0.25, -0.2) is 18.6 Å². The third-order valence-electron chi connectivity index (χ3n) is 4.10. The van der Waals surface area contributed by atoms with E-state index in [1.807, 2.05) is 0 Å². The molecule has 140 valence electrons. The van der Waals surface area contributed by atoms with Gasteiger partial charge in [-0.05, 0) is 43.3 Å².